The van der Waals surface area contributed by atoms with Crippen LogP contribution in [0.15, 0.2) is 12.1 Å². The van der Waals surface area contributed by atoms with Crippen LogP contribution < -0.4 is 9.47 Å². The fourth-order valence-electron chi connectivity index (χ4n) is 0.938. The Morgan fingerprint density at radius 1 is 1.33 bits per heavy atom. The lowest BCUT2D eigenvalue weighted by atomic mass is 10.2. The molecule has 12 heavy (non-hydrogen) atoms. The number of methoxy groups -OCH3 is 2. The maximum atomic E-state index is 10.5. The number of benzene rings is 1. The van der Waals surface area contributed by atoms with Crippen molar-refractivity contribution < 1.29 is 14.3 Å². The second-order valence-corrected chi connectivity index (χ2v) is 2.13. The van der Waals surface area contributed by atoms with Crippen molar-refractivity contribution in [1.82, 2.24) is 0 Å². The van der Waals surface area contributed by atoms with Crippen LogP contribution in [0.2, 0.25) is 0 Å². The van der Waals surface area contributed by atoms with Gasteiger partial charge in [0.05, 0.1) is 19.8 Å². The number of carbonyl (C=O) groups is 1. The van der Waals surface area contributed by atoms with E-state index in [1.807, 2.05) is 0 Å². The van der Waals surface area contributed by atoms with Crippen LogP contribution in [0.4, 0.5) is 0 Å². The zero-order valence-corrected chi connectivity index (χ0v) is 6.96. The van der Waals surface area contributed by atoms with Crippen molar-refractivity contribution in [3.63, 3.8) is 0 Å². The van der Waals surface area contributed by atoms with Crippen LogP contribution in [0.5, 0.6) is 11.5 Å². The number of ether oxygens (including phenoxy) is 2. The highest BCUT2D eigenvalue weighted by Gasteiger charge is 2.07. The van der Waals surface area contributed by atoms with Crippen LogP contribution in [0.3, 0.4) is 0 Å². The van der Waals surface area contributed by atoms with Gasteiger partial charge in [-0.05, 0) is 18.2 Å². The van der Waals surface area contributed by atoms with Gasteiger partial charge in [0, 0.05) is 0 Å². The molecule has 0 aromatic heterocycles. The smallest absolute Gasteiger partial charge is 0.171 e. The summed E-state index contributed by atoms with van der Waals surface area (Å²) in [6, 6.07) is 5.94. The van der Waals surface area contributed by atoms with Crippen LogP contribution in [0.1, 0.15) is 10.4 Å². The van der Waals surface area contributed by atoms with E-state index >= 15 is 0 Å². The second-order valence-electron chi connectivity index (χ2n) is 2.13. The fourth-order valence-corrected chi connectivity index (χ4v) is 0.938. The van der Waals surface area contributed by atoms with Gasteiger partial charge in [-0.2, -0.15) is 0 Å². The van der Waals surface area contributed by atoms with Crippen LogP contribution >= 0.6 is 0 Å². The molecule has 0 aliphatic rings. The molecule has 1 rings (SSSR count). The Morgan fingerprint density at radius 2 is 2.08 bits per heavy atom. The maximum Gasteiger partial charge on any atom is 0.171 e. The Hall–Kier alpha value is -1.51. The molecule has 0 amide bonds. The van der Waals surface area contributed by atoms with E-state index in [4.69, 9.17) is 9.47 Å². The average molecular weight is 165 g/mol. The molecular formula is C9H9O3. The first-order valence-corrected chi connectivity index (χ1v) is 3.40. The molecule has 0 unspecified atom stereocenters. The second kappa shape index (κ2) is 3.76. The summed E-state index contributed by atoms with van der Waals surface area (Å²) < 4.78 is 9.95. The summed E-state index contributed by atoms with van der Waals surface area (Å²) in [4.78, 5) is 10.5. The minimum Gasteiger partial charge on any atom is -0.493 e. The van der Waals surface area contributed by atoms with E-state index in [1.54, 1.807) is 12.1 Å². The summed E-state index contributed by atoms with van der Waals surface area (Å²) in [5.74, 6) is 0.966. The van der Waals surface area contributed by atoms with E-state index in [1.165, 1.54) is 14.2 Å². The molecule has 0 bridgehead atoms. The van der Waals surface area contributed by atoms with Gasteiger partial charge in [-0.3, -0.25) is 4.79 Å². The molecule has 0 aliphatic carbocycles. The molecular weight excluding hydrogens is 156 g/mol. The van der Waals surface area contributed by atoms with E-state index in [-0.39, 0.29) is 0 Å². The molecule has 3 heteroatoms. The molecule has 1 radical (unpaired) electrons. The quantitative estimate of drug-likeness (QED) is 0.633. The molecule has 3 nitrogen and oxygen atoms in total. The summed E-state index contributed by atoms with van der Waals surface area (Å²) in [6.07, 6.45) is 0.706. The van der Waals surface area contributed by atoms with Crippen molar-refractivity contribution in [3.05, 3.63) is 23.8 Å². The number of rotatable bonds is 3. The first kappa shape index (κ1) is 8.59. The van der Waals surface area contributed by atoms with Gasteiger partial charge in [0.1, 0.15) is 0 Å². The normalized spacial score (nSPS) is 9.17. The molecule has 0 fully saturated rings. The molecule has 1 aromatic carbocycles. The molecule has 0 N–H and O–H groups in total. The Bertz CT molecular complexity index is 281. The van der Waals surface area contributed by atoms with Gasteiger partial charge in [0.15, 0.2) is 17.8 Å². The van der Waals surface area contributed by atoms with Crippen molar-refractivity contribution in [2.45, 2.75) is 0 Å². The first-order valence-electron chi connectivity index (χ1n) is 3.40. The lowest BCUT2D eigenvalue weighted by Gasteiger charge is -2.07. The monoisotopic (exact) mass is 165 g/mol. The van der Waals surface area contributed by atoms with E-state index in [0.717, 1.165) is 0 Å². The minimum absolute atomic E-state index is 0.442. The Kier molecular flexibility index (Phi) is 2.69. The fraction of sp³-hybridized carbons (Fsp3) is 0.222. The molecule has 0 aliphatic heterocycles. The van der Waals surface area contributed by atoms with Crippen molar-refractivity contribution in [2.75, 3.05) is 14.2 Å². The Morgan fingerprint density at radius 3 is 2.58 bits per heavy atom. The average Bonchev–Trinajstić information content (AvgIpc) is 2.16. The highest BCUT2D eigenvalue weighted by atomic mass is 16.5. The zero-order chi connectivity index (χ0) is 8.97. The number of hydrogen-bond donors (Lipinski definition) is 0. The van der Waals surface area contributed by atoms with Crippen LogP contribution in [0.25, 0.3) is 0 Å². The standard InChI is InChI=1S/C9H9O3/c1-11-8-5-3-4-7(6-10)9(8)12-2/h4-6H,1-2H3. The summed E-state index contributed by atoms with van der Waals surface area (Å²) in [7, 11) is 3.01. The number of carbonyl (C=O) groups excluding carboxylic acids is 1. The van der Waals surface area contributed by atoms with Gasteiger partial charge in [-0.1, -0.05) is 0 Å². The predicted molar refractivity (Wildman–Crippen MR) is 43.8 cm³/mol. The molecule has 0 spiro atoms. The predicted octanol–water partition coefficient (Wildman–Crippen LogP) is 1.32. The van der Waals surface area contributed by atoms with Crippen LogP contribution in [0, 0.1) is 6.07 Å². The molecule has 0 saturated carbocycles. The third-order valence-electron chi connectivity index (χ3n) is 1.49. The van der Waals surface area contributed by atoms with E-state index in [9.17, 15) is 4.79 Å². The first-order chi connectivity index (χ1) is 5.83. The number of hydrogen-bond acceptors (Lipinski definition) is 3. The van der Waals surface area contributed by atoms with Crippen LogP contribution in [-0.4, -0.2) is 20.5 Å². The van der Waals surface area contributed by atoms with Crippen LogP contribution in [-0.2, 0) is 0 Å². The van der Waals surface area contributed by atoms with Crippen molar-refractivity contribution in [1.29, 1.82) is 0 Å². The lowest BCUT2D eigenvalue weighted by Crippen LogP contribution is -1.94. The summed E-state index contributed by atoms with van der Waals surface area (Å²) in [5, 5.41) is 0. The highest BCUT2D eigenvalue weighted by Crippen LogP contribution is 2.28. The van der Waals surface area contributed by atoms with E-state index in [0.29, 0.717) is 23.3 Å². The van der Waals surface area contributed by atoms with Gasteiger partial charge in [-0.15, -0.1) is 0 Å². The molecule has 1 aromatic rings. The Labute approximate surface area is 70.9 Å². The summed E-state index contributed by atoms with van der Waals surface area (Å²) in [5.41, 5.74) is 0.442. The highest BCUT2D eigenvalue weighted by molar-refractivity contribution is 5.80. The van der Waals surface area contributed by atoms with Gasteiger partial charge < -0.3 is 9.47 Å². The SMILES string of the molecule is COc1c[c]cc(C=O)c1OC. The molecule has 0 heterocycles. The zero-order valence-electron chi connectivity index (χ0n) is 6.96. The van der Waals surface area contributed by atoms with E-state index < -0.39 is 0 Å². The summed E-state index contributed by atoms with van der Waals surface area (Å²) >= 11 is 0. The number of aldehydes is 1. The van der Waals surface area contributed by atoms with Crippen molar-refractivity contribution in [2.24, 2.45) is 0 Å². The van der Waals surface area contributed by atoms with Gasteiger partial charge in [-0.25, -0.2) is 0 Å². The largest absolute Gasteiger partial charge is 0.493 e. The third kappa shape index (κ3) is 1.39. The van der Waals surface area contributed by atoms with E-state index in [2.05, 4.69) is 6.07 Å². The Balaban J connectivity index is 3.21. The van der Waals surface area contributed by atoms with Gasteiger partial charge in [0.25, 0.3) is 0 Å². The minimum atomic E-state index is 0.442. The summed E-state index contributed by atoms with van der Waals surface area (Å²) in [6.45, 7) is 0. The van der Waals surface area contributed by atoms with Crippen molar-refractivity contribution >= 4 is 6.29 Å². The molecule has 63 valence electrons. The maximum absolute atomic E-state index is 10.5. The lowest BCUT2D eigenvalue weighted by molar-refractivity contribution is 0.112. The molecule has 0 saturated heterocycles. The molecule has 0 atom stereocenters. The topological polar surface area (TPSA) is 35.5 Å². The van der Waals surface area contributed by atoms with Gasteiger partial charge in [0.2, 0.25) is 0 Å². The van der Waals surface area contributed by atoms with Crippen molar-refractivity contribution in [3.8, 4) is 11.5 Å². The van der Waals surface area contributed by atoms with Gasteiger partial charge >= 0.3 is 0 Å². The third-order valence-corrected chi connectivity index (χ3v) is 1.49.